The summed E-state index contributed by atoms with van der Waals surface area (Å²) in [7, 11) is 2.10. The van der Waals surface area contributed by atoms with Crippen LogP contribution >= 0.6 is 23.1 Å². The average molecular weight is 294 g/mol. The van der Waals surface area contributed by atoms with Gasteiger partial charge in [0.1, 0.15) is 0 Å². The highest BCUT2D eigenvalue weighted by Crippen LogP contribution is 2.25. The molecule has 0 amide bonds. The van der Waals surface area contributed by atoms with Crippen molar-refractivity contribution in [2.45, 2.75) is 18.6 Å². The standard InChI is InChI=1S/C14H18N2OS2/c1-16-6-7-18-9-11(16)12(17)8-14-15-10-4-2-3-5-13(10)19-14/h2-5,11-12,17H,6-9H2,1H3. The molecule has 1 fully saturated rings. The Bertz CT molecular complexity index is 524. The maximum absolute atomic E-state index is 10.4. The van der Waals surface area contributed by atoms with E-state index in [-0.39, 0.29) is 12.1 Å². The summed E-state index contributed by atoms with van der Waals surface area (Å²) in [6, 6.07) is 8.42. The Morgan fingerprint density at radius 1 is 1.47 bits per heavy atom. The first kappa shape index (κ1) is 13.4. The summed E-state index contributed by atoms with van der Waals surface area (Å²) in [6.45, 7) is 1.06. The predicted molar refractivity (Wildman–Crippen MR) is 83.1 cm³/mol. The van der Waals surface area contributed by atoms with Crippen LogP contribution in [-0.2, 0) is 6.42 Å². The van der Waals surface area contributed by atoms with Gasteiger partial charge in [-0.2, -0.15) is 11.8 Å². The van der Waals surface area contributed by atoms with Crippen LogP contribution in [0.2, 0.25) is 0 Å². The SMILES string of the molecule is CN1CCSCC1C(O)Cc1nc2ccccc2s1. The Balaban J connectivity index is 1.73. The highest BCUT2D eigenvalue weighted by atomic mass is 32.2. The molecule has 0 radical (unpaired) electrons. The number of aromatic nitrogens is 1. The Labute approximate surface area is 121 Å². The molecule has 0 aliphatic carbocycles. The molecule has 0 spiro atoms. The van der Waals surface area contributed by atoms with Crippen molar-refractivity contribution in [1.82, 2.24) is 9.88 Å². The van der Waals surface area contributed by atoms with Crippen LogP contribution in [0.5, 0.6) is 0 Å². The van der Waals surface area contributed by atoms with Gasteiger partial charge in [-0.15, -0.1) is 11.3 Å². The first-order valence-corrected chi connectivity index (χ1v) is 8.51. The average Bonchev–Trinajstić information content (AvgIpc) is 2.81. The molecule has 2 atom stereocenters. The fourth-order valence-corrected chi connectivity index (χ4v) is 4.75. The summed E-state index contributed by atoms with van der Waals surface area (Å²) in [5.74, 6) is 2.18. The van der Waals surface area contributed by atoms with E-state index in [1.807, 2.05) is 30.0 Å². The number of benzene rings is 1. The Morgan fingerprint density at radius 3 is 3.11 bits per heavy atom. The van der Waals surface area contributed by atoms with Crippen molar-refractivity contribution in [2.24, 2.45) is 0 Å². The van der Waals surface area contributed by atoms with Crippen LogP contribution in [0.4, 0.5) is 0 Å². The van der Waals surface area contributed by atoms with Gasteiger partial charge in [0.15, 0.2) is 0 Å². The van der Waals surface area contributed by atoms with E-state index in [0.717, 1.165) is 22.8 Å². The molecule has 5 heteroatoms. The van der Waals surface area contributed by atoms with E-state index >= 15 is 0 Å². The van der Waals surface area contributed by atoms with Crippen molar-refractivity contribution in [3.05, 3.63) is 29.3 Å². The monoisotopic (exact) mass is 294 g/mol. The molecule has 0 bridgehead atoms. The number of nitrogens with zero attached hydrogens (tertiary/aromatic N) is 2. The second-order valence-corrected chi connectivity index (χ2v) is 7.23. The van der Waals surface area contributed by atoms with Gasteiger partial charge in [-0.3, -0.25) is 4.90 Å². The summed E-state index contributed by atoms with van der Waals surface area (Å²) < 4.78 is 1.20. The fraction of sp³-hybridized carbons (Fsp3) is 0.500. The predicted octanol–water partition coefficient (Wildman–Crippen LogP) is 2.25. The number of fused-ring (bicyclic) bond motifs is 1. The zero-order chi connectivity index (χ0) is 13.2. The van der Waals surface area contributed by atoms with Crippen LogP contribution in [0.1, 0.15) is 5.01 Å². The third-order valence-corrected chi connectivity index (χ3v) is 5.72. The van der Waals surface area contributed by atoms with Crippen molar-refractivity contribution in [3.8, 4) is 0 Å². The van der Waals surface area contributed by atoms with Crippen LogP contribution in [0, 0.1) is 0 Å². The summed E-state index contributed by atoms with van der Waals surface area (Å²) >= 11 is 3.63. The van der Waals surface area contributed by atoms with Crippen LogP contribution in [0.15, 0.2) is 24.3 Å². The third kappa shape index (κ3) is 2.94. The normalized spacial score (nSPS) is 22.7. The van der Waals surface area contributed by atoms with Gasteiger partial charge in [0.25, 0.3) is 0 Å². The van der Waals surface area contributed by atoms with Crippen LogP contribution in [-0.4, -0.2) is 52.2 Å². The van der Waals surface area contributed by atoms with Crippen molar-refractivity contribution in [3.63, 3.8) is 0 Å². The number of thioether (sulfide) groups is 1. The molecule has 3 rings (SSSR count). The van der Waals surface area contributed by atoms with E-state index in [2.05, 4.69) is 23.0 Å². The molecule has 2 aromatic rings. The lowest BCUT2D eigenvalue weighted by atomic mass is 10.1. The summed E-state index contributed by atoms with van der Waals surface area (Å²) in [6.07, 6.45) is 0.341. The smallest absolute Gasteiger partial charge is 0.0964 e. The summed E-state index contributed by atoms with van der Waals surface area (Å²) in [5, 5.41) is 11.5. The number of aliphatic hydroxyl groups is 1. The Hall–Kier alpha value is -0.620. The summed E-state index contributed by atoms with van der Waals surface area (Å²) in [4.78, 5) is 6.88. The van der Waals surface area contributed by atoms with Crippen LogP contribution < -0.4 is 0 Å². The molecule has 3 nitrogen and oxygen atoms in total. The molecule has 102 valence electrons. The van der Waals surface area contributed by atoms with Crippen molar-refractivity contribution < 1.29 is 5.11 Å². The molecule has 1 aliphatic rings. The molecule has 0 saturated carbocycles. The van der Waals surface area contributed by atoms with E-state index in [9.17, 15) is 5.11 Å². The fourth-order valence-electron chi connectivity index (χ4n) is 2.43. The third-order valence-electron chi connectivity index (χ3n) is 3.61. The number of aliphatic hydroxyl groups excluding tert-OH is 1. The lowest BCUT2D eigenvalue weighted by Crippen LogP contribution is -2.47. The quantitative estimate of drug-likeness (QED) is 0.942. The maximum Gasteiger partial charge on any atom is 0.0964 e. The zero-order valence-electron chi connectivity index (χ0n) is 11.0. The van der Waals surface area contributed by atoms with Gasteiger partial charge >= 0.3 is 0 Å². The highest BCUT2D eigenvalue weighted by molar-refractivity contribution is 7.99. The number of para-hydroxylation sites is 1. The molecular formula is C14H18N2OS2. The number of likely N-dealkylation sites (N-methyl/N-ethyl adjacent to an activating group) is 1. The minimum absolute atomic E-state index is 0.255. The lowest BCUT2D eigenvalue weighted by Gasteiger charge is -2.35. The molecular weight excluding hydrogens is 276 g/mol. The molecule has 1 saturated heterocycles. The van der Waals surface area contributed by atoms with Gasteiger partial charge in [-0.1, -0.05) is 12.1 Å². The number of hydrogen-bond donors (Lipinski definition) is 1. The van der Waals surface area contributed by atoms with Crippen molar-refractivity contribution >= 4 is 33.3 Å². The van der Waals surface area contributed by atoms with Crippen molar-refractivity contribution in [2.75, 3.05) is 25.1 Å². The van der Waals surface area contributed by atoms with Crippen LogP contribution in [0.3, 0.4) is 0 Å². The second kappa shape index (κ2) is 5.79. The molecule has 2 heterocycles. The first-order valence-electron chi connectivity index (χ1n) is 6.54. The Morgan fingerprint density at radius 2 is 2.32 bits per heavy atom. The largest absolute Gasteiger partial charge is 0.391 e. The Kier molecular flexibility index (Phi) is 4.07. The maximum atomic E-state index is 10.4. The van der Waals surface area contributed by atoms with E-state index in [4.69, 9.17) is 0 Å². The molecule has 1 aromatic carbocycles. The summed E-state index contributed by atoms with van der Waals surface area (Å²) in [5.41, 5.74) is 1.04. The zero-order valence-corrected chi connectivity index (χ0v) is 12.6. The van der Waals surface area contributed by atoms with E-state index in [1.165, 1.54) is 10.5 Å². The number of thiazole rings is 1. The molecule has 2 unspecified atom stereocenters. The first-order chi connectivity index (χ1) is 9.24. The lowest BCUT2D eigenvalue weighted by molar-refractivity contribution is 0.0763. The van der Waals surface area contributed by atoms with Gasteiger partial charge in [-0.05, 0) is 19.2 Å². The van der Waals surface area contributed by atoms with Crippen LogP contribution in [0.25, 0.3) is 10.2 Å². The topological polar surface area (TPSA) is 36.4 Å². The molecule has 1 N–H and O–H groups in total. The van der Waals surface area contributed by atoms with Gasteiger partial charge in [0, 0.05) is 30.5 Å². The minimum Gasteiger partial charge on any atom is -0.391 e. The van der Waals surface area contributed by atoms with E-state index in [1.54, 1.807) is 11.3 Å². The highest BCUT2D eigenvalue weighted by Gasteiger charge is 2.27. The van der Waals surface area contributed by atoms with Gasteiger partial charge < -0.3 is 5.11 Å². The second-order valence-electron chi connectivity index (χ2n) is 4.97. The molecule has 19 heavy (non-hydrogen) atoms. The minimum atomic E-state index is -0.321. The number of rotatable bonds is 3. The molecule has 1 aromatic heterocycles. The van der Waals surface area contributed by atoms with Crippen molar-refractivity contribution in [1.29, 1.82) is 0 Å². The number of hydrogen-bond acceptors (Lipinski definition) is 5. The van der Waals surface area contributed by atoms with E-state index in [0.29, 0.717) is 6.42 Å². The van der Waals surface area contributed by atoms with E-state index < -0.39 is 0 Å². The van der Waals surface area contributed by atoms with Gasteiger partial charge in [0.05, 0.1) is 21.3 Å². The molecule has 1 aliphatic heterocycles. The van der Waals surface area contributed by atoms with Gasteiger partial charge in [-0.25, -0.2) is 4.98 Å². The van der Waals surface area contributed by atoms with Gasteiger partial charge in [0.2, 0.25) is 0 Å².